The normalized spacial score (nSPS) is 12.3. The third-order valence-corrected chi connectivity index (χ3v) is 0. The van der Waals surface area contributed by atoms with E-state index in [4.69, 9.17) is 22.2 Å². The van der Waals surface area contributed by atoms with Crippen molar-refractivity contribution in [3.63, 3.8) is 0 Å². The second-order valence-electron chi connectivity index (χ2n) is 4.33. The molecule has 0 heterocycles. The van der Waals surface area contributed by atoms with Gasteiger partial charge in [0, 0.05) is 10.2 Å². The summed E-state index contributed by atoms with van der Waals surface area (Å²) in [5, 5.41) is 0.639. The summed E-state index contributed by atoms with van der Waals surface area (Å²) in [4.78, 5) is 0. The van der Waals surface area contributed by atoms with Crippen LogP contribution in [-0.4, -0.2) is 16.9 Å². The summed E-state index contributed by atoms with van der Waals surface area (Å²) in [5.74, 6) is 0. The SMILES string of the molecule is CC(C)(C)[SiH3].C[Si](C)(Cl)Cl. The average molecular weight is 217 g/mol. The van der Waals surface area contributed by atoms with Gasteiger partial charge in [0.1, 0.15) is 0 Å². The highest BCUT2D eigenvalue weighted by Gasteiger charge is 2.08. The summed E-state index contributed by atoms with van der Waals surface area (Å²) in [6.07, 6.45) is 0. The van der Waals surface area contributed by atoms with Crippen molar-refractivity contribution in [2.45, 2.75) is 38.9 Å². The monoisotopic (exact) mass is 216 g/mol. The highest BCUT2D eigenvalue weighted by Crippen LogP contribution is 2.13. The highest BCUT2D eigenvalue weighted by atomic mass is 35.7. The fraction of sp³-hybridized carbons (Fsp3) is 1.00. The minimum Gasteiger partial charge on any atom is -0.146 e. The van der Waals surface area contributed by atoms with E-state index < -0.39 is 6.69 Å². The van der Waals surface area contributed by atoms with Crippen molar-refractivity contribution in [3.05, 3.63) is 0 Å². The zero-order valence-electron chi connectivity index (χ0n) is 7.76. The molecule has 0 aromatic heterocycles. The van der Waals surface area contributed by atoms with Crippen LogP contribution in [0.15, 0.2) is 0 Å². The van der Waals surface area contributed by atoms with E-state index in [1.807, 2.05) is 13.1 Å². The summed E-state index contributed by atoms with van der Waals surface area (Å²) >= 11 is 10.9. The first-order valence-electron chi connectivity index (χ1n) is 3.38. The van der Waals surface area contributed by atoms with Gasteiger partial charge in [-0.1, -0.05) is 25.8 Å². The molecule has 0 rings (SSSR count). The van der Waals surface area contributed by atoms with Crippen molar-refractivity contribution >= 4 is 39.1 Å². The molecule has 0 aromatic rings. The second-order valence-corrected chi connectivity index (χ2v) is 16.2. The molecule has 10 heavy (non-hydrogen) atoms. The van der Waals surface area contributed by atoms with Gasteiger partial charge in [0.05, 0.1) is 0 Å². The summed E-state index contributed by atoms with van der Waals surface area (Å²) in [6, 6.07) is 0. The van der Waals surface area contributed by atoms with E-state index in [1.54, 1.807) is 0 Å². The maximum absolute atomic E-state index is 5.43. The third-order valence-electron chi connectivity index (χ3n) is 0. The average Bonchev–Trinajstić information content (AvgIpc) is 1.12. The smallest absolute Gasteiger partial charge is 0.146 e. The minimum absolute atomic E-state index is 0.639. The summed E-state index contributed by atoms with van der Waals surface area (Å²) < 4.78 is 0. The van der Waals surface area contributed by atoms with E-state index in [0.717, 1.165) is 0 Å². The Bertz CT molecular complexity index is 56.7. The molecule has 0 aliphatic heterocycles. The molecule has 0 saturated heterocycles. The number of rotatable bonds is 0. The molecular weight excluding hydrogens is 199 g/mol. The van der Waals surface area contributed by atoms with Gasteiger partial charge in [-0.25, -0.2) is 0 Å². The van der Waals surface area contributed by atoms with Gasteiger partial charge in [-0.15, -0.1) is 22.2 Å². The van der Waals surface area contributed by atoms with Crippen LogP contribution < -0.4 is 0 Å². The molecule has 0 radical (unpaired) electrons. The minimum atomic E-state index is -1.67. The molecule has 0 unspecified atom stereocenters. The topological polar surface area (TPSA) is 0 Å². The van der Waals surface area contributed by atoms with E-state index >= 15 is 0 Å². The Balaban J connectivity index is 0. The molecule has 0 N–H and O–H groups in total. The lowest BCUT2D eigenvalue weighted by molar-refractivity contribution is 0.767. The van der Waals surface area contributed by atoms with Gasteiger partial charge in [-0.2, -0.15) is 0 Å². The first-order chi connectivity index (χ1) is 4.00. The van der Waals surface area contributed by atoms with Gasteiger partial charge in [-0.05, 0) is 13.1 Å². The Morgan fingerprint density at radius 1 is 1.10 bits per heavy atom. The molecule has 0 fully saturated rings. The molecule has 0 nitrogen and oxygen atoms in total. The molecule has 0 aliphatic carbocycles. The van der Waals surface area contributed by atoms with Crippen LogP contribution in [0.2, 0.25) is 18.1 Å². The Kier molecular flexibility index (Phi) is 6.53. The molecule has 0 bridgehead atoms. The van der Waals surface area contributed by atoms with E-state index in [1.165, 1.54) is 10.2 Å². The van der Waals surface area contributed by atoms with Gasteiger partial charge in [0.25, 0.3) is 0 Å². The number of hydrogen-bond donors (Lipinski definition) is 0. The molecule has 0 aliphatic rings. The third kappa shape index (κ3) is 563. The first-order valence-corrected chi connectivity index (χ1v) is 9.40. The van der Waals surface area contributed by atoms with E-state index in [9.17, 15) is 0 Å². The van der Waals surface area contributed by atoms with Crippen LogP contribution in [0.5, 0.6) is 0 Å². The summed E-state index contributed by atoms with van der Waals surface area (Å²) in [6.45, 7) is 8.80. The van der Waals surface area contributed by atoms with E-state index in [0.29, 0.717) is 5.04 Å². The van der Waals surface area contributed by atoms with Crippen LogP contribution in [0.3, 0.4) is 0 Å². The van der Waals surface area contributed by atoms with Crippen molar-refractivity contribution in [1.29, 1.82) is 0 Å². The molecule has 0 amide bonds. The summed E-state index contributed by atoms with van der Waals surface area (Å²) in [7, 11) is 1.31. The second kappa shape index (κ2) is 4.80. The Morgan fingerprint density at radius 2 is 1.10 bits per heavy atom. The first kappa shape index (κ1) is 13.6. The highest BCUT2D eigenvalue weighted by molar-refractivity contribution is 7.44. The lowest BCUT2D eigenvalue weighted by Gasteiger charge is -2.05. The van der Waals surface area contributed by atoms with Crippen molar-refractivity contribution in [2.75, 3.05) is 0 Å². The van der Waals surface area contributed by atoms with Crippen molar-refractivity contribution in [2.24, 2.45) is 0 Å². The van der Waals surface area contributed by atoms with Crippen molar-refractivity contribution in [1.82, 2.24) is 0 Å². The molecule has 64 valence electrons. The van der Waals surface area contributed by atoms with E-state index in [-0.39, 0.29) is 0 Å². The van der Waals surface area contributed by atoms with Gasteiger partial charge in [0.15, 0.2) is 0 Å². The Hall–Kier alpha value is 1.01. The number of hydrogen-bond acceptors (Lipinski definition) is 0. The van der Waals surface area contributed by atoms with Crippen LogP contribution in [0.1, 0.15) is 20.8 Å². The van der Waals surface area contributed by atoms with Crippen LogP contribution in [0, 0.1) is 0 Å². The molecule has 0 atom stereocenters. The molecule has 4 heteroatoms. The van der Waals surface area contributed by atoms with Crippen molar-refractivity contribution < 1.29 is 0 Å². The lowest BCUT2D eigenvalue weighted by Crippen LogP contribution is -2.02. The standard InChI is InChI=1S/C4H12Si.C2H6Cl2Si/c1-4(2,3)5;1-5(2,3)4/h1-3,5H3;1-2H3. The Morgan fingerprint density at radius 3 is 1.10 bits per heavy atom. The van der Waals surface area contributed by atoms with Crippen LogP contribution in [0.25, 0.3) is 0 Å². The molecule has 0 spiro atoms. The van der Waals surface area contributed by atoms with E-state index in [2.05, 4.69) is 20.8 Å². The molecular formula is C6H18Cl2Si2. The zero-order chi connectivity index (χ0) is 9.00. The van der Waals surface area contributed by atoms with Gasteiger partial charge < -0.3 is 0 Å². The van der Waals surface area contributed by atoms with Gasteiger partial charge in [0.2, 0.25) is 6.69 Å². The fourth-order valence-corrected chi connectivity index (χ4v) is 0. The lowest BCUT2D eigenvalue weighted by atomic mass is 10.3. The predicted octanol–water partition coefficient (Wildman–Crippen LogP) is 2.74. The van der Waals surface area contributed by atoms with Crippen LogP contribution in [-0.2, 0) is 0 Å². The maximum Gasteiger partial charge on any atom is 0.245 e. The number of halogens is 2. The van der Waals surface area contributed by atoms with Crippen LogP contribution >= 0.6 is 22.2 Å². The zero-order valence-corrected chi connectivity index (χ0v) is 12.3. The van der Waals surface area contributed by atoms with Gasteiger partial charge in [-0.3, -0.25) is 0 Å². The van der Waals surface area contributed by atoms with Gasteiger partial charge >= 0.3 is 0 Å². The maximum atomic E-state index is 5.43. The van der Waals surface area contributed by atoms with Crippen molar-refractivity contribution in [3.8, 4) is 0 Å². The largest absolute Gasteiger partial charge is 0.245 e. The fourth-order valence-electron chi connectivity index (χ4n) is 0. The molecule has 0 aromatic carbocycles. The summed E-state index contributed by atoms with van der Waals surface area (Å²) in [5.41, 5.74) is 0. The quantitative estimate of drug-likeness (QED) is 0.432. The van der Waals surface area contributed by atoms with Crippen LogP contribution in [0.4, 0.5) is 0 Å². The Labute approximate surface area is 78.1 Å². The predicted molar refractivity (Wildman–Crippen MR) is 58.8 cm³/mol. The molecule has 0 saturated carbocycles.